The normalized spacial score (nSPS) is 27.0. The van der Waals surface area contributed by atoms with Gasteiger partial charge in [-0.2, -0.15) is 0 Å². The lowest BCUT2D eigenvalue weighted by Gasteiger charge is -2.23. The summed E-state index contributed by atoms with van der Waals surface area (Å²) in [5.74, 6) is 1.59. The lowest BCUT2D eigenvalue weighted by Crippen LogP contribution is -2.41. The van der Waals surface area contributed by atoms with Crippen molar-refractivity contribution in [3.8, 4) is 5.75 Å². The molecule has 1 saturated heterocycles. The van der Waals surface area contributed by atoms with Crippen molar-refractivity contribution in [1.29, 1.82) is 0 Å². The molecule has 0 spiro atoms. The van der Waals surface area contributed by atoms with Crippen LogP contribution >= 0.6 is 0 Å². The minimum absolute atomic E-state index is 0.248. The summed E-state index contributed by atoms with van der Waals surface area (Å²) in [6.45, 7) is 1.93. The number of aliphatic imine (C=N–C) groups is 1. The molecule has 0 aromatic heterocycles. The largest absolute Gasteiger partial charge is 0.497 e. The molecule has 2 heterocycles. The Kier molecular flexibility index (Phi) is 2.73. The summed E-state index contributed by atoms with van der Waals surface area (Å²) in [6.07, 6.45) is 1.28. The van der Waals surface area contributed by atoms with Crippen molar-refractivity contribution in [3.63, 3.8) is 0 Å². The van der Waals surface area contributed by atoms with Crippen molar-refractivity contribution in [1.82, 2.24) is 5.32 Å². The van der Waals surface area contributed by atoms with Gasteiger partial charge in [0.15, 0.2) is 0 Å². The van der Waals surface area contributed by atoms with Crippen LogP contribution in [-0.2, 0) is 4.74 Å². The highest BCUT2D eigenvalue weighted by Crippen LogP contribution is 2.23. The van der Waals surface area contributed by atoms with Crippen molar-refractivity contribution in [2.24, 2.45) is 4.99 Å². The Morgan fingerprint density at radius 3 is 3.24 bits per heavy atom. The van der Waals surface area contributed by atoms with Crippen molar-refractivity contribution in [3.05, 3.63) is 29.8 Å². The molecular formula is C13H16N2O2. The standard InChI is InChI=1S/C13H16N2O2/c1-16-10-4-2-3-9(7-10)13-15-11-8-14-6-5-12(11)17-13/h2-4,7,11-12,14H,5-6,8H2,1H3. The maximum absolute atomic E-state index is 5.91. The minimum Gasteiger partial charge on any atom is -0.497 e. The topological polar surface area (TPSA) is 42.8 Å². The number of ether oxygens (including phenoxy) is 2. The zero-order chi connectivity index (χ0) is 11.7. The monoisotopic (exact) mass is 232 g/mol. The summed E-state index contributed by atoms with van der Waals surface area (Å²) in [5, 5.41) is 3.34. The molecule has 1 fully saturated rings. The second kappa shape index (κ2) is 4.37. The highest BCUT2D eigenvalue weighted by atomic mass is 16.5. The van der Waals surface area contributed by atoms with Crippen LogP contribution in [0.4, 0.5) is 0 Å². The second-order valence-corrected chi connectivity index (χ2v) is 4.38. The molecule has 2 atom stereocenters. The van der Waals surface area contributed by atoms with Gasteiger partial charge >= 0.3 is 0 Å². The van der Waals surface area contributed by atoms with E-state index in [1.54, 1.807) is 7.11 Å². The molecule has 2 aliphatic heterocycles. The number of nitrogens with zero attached hydrogens (tertiary/aromatic N) is 1. The number of hydrogen-bond donors (Lipinski definition) is 1. The summed E-state index contributed by atoms with van der Waals surface area (Å²) in [4.78, 5) is 4.63. The van der Waals surface area contributed by atoms with Crippen molar-refractivity contribution < 1.29 is 9.47 Å². The van der Waals surface area contributed by atoms with E-state index < -0.39 is 0 Å². The first-order valence-electron chi connectivity index (χ1n) is 5.96. The number of benzene rings is 1. The number of piperidine rings is 1. The van der Waals surface area contributed by atoms with E-state index in [9.17, 15) is 0 Å². The van der Waals surface area contributed by atoms with Gasteiger partial charge in [0.05, 0.1) is 7.11 Å². The predicted octanol–water partition coefficient (Wildman–Crippen LogP) is 1.20. The highest BCUT2D eigenvalue weighted by Gasteiger charge is 2.33. The van der Waals surface area contributed by atoms with Crippen LogP contribution in [0.15, 0.2) is 29.3 Å². The smallest absolute Gasteiger partial charge is 0.217 e. The number of methoxy groups -OCH3 is 1. The van der Waals surface area contributed by atoms with E-state index in [0.29, 0.717) is 0 Å². The molecule has 2 unspecified atom stereocenters. The van der Waals surface area contributed by atoms with Gasteiger partial charge in [0.1, 0.15) is 17.9 Å². The van der Waals surface area contributed by atoms with E-state index in [0.717, 1.165) is 36.7 Å². The van der Waals surface area contributed by atoms with E-state index in [1.165, 1.54) is 0 Å². The van der Waals surface area contributed by atoms with Gasteiger partial charge in [-0.1, -0.05) is 6.07 Å². The van der Waals surface area contributed by atoms with Crippen molar-refractivity contribution in [2.45, 2.75) is 18.6 Å². The van der Waals surface area contributed by atoms with Gasteiger partial charge in [0.2, 0.25) is 5.90 Å². The molecule has 0 saturated carbocycles. The van der Waals surface area contributed by atoms with Crippen LogP contribution in [0, 0.1) is 0 Å². The Balaban J connectivity index is 1.84. The molecule has 3 rings (SSSR count). The maximum Gasteiger partial charge on any atom is 0.217 e. The third-order valence-corrected chi connectivity index (χ3v) is 3.25. The van der Waals surface area contributed by atoms with Gasteiger partial charge < -0.3 is 14.8 Å². The quantitative estimate of drug-likeness (QED) is 0.833. The fourth-order valence-corrected chi connectivity index (χ4v) is 2.31. The highest BCUT2D eigenvalue weighted by molar-refractivity contribution is 5.95. The lowest BCUT2D eigenvalue weighted by atomic mass is 10.1. The summed E-state index contributed by atoms with van der Waals surface area (Å²) in [6, 6.07) is 8.12. The maximum atomic E-state index is 5.91. The molecule has 4 heteroatoms. The number of fused-ring (bicyclic) bond motifs is 1. The van der Waals surface area contributed by atoms with Crippen molar-refractivity contribution in [2.75, 3.05) is 20.2 Å². The number of rotatable bonds is 2. The van der Waals surface area contributed by atoms with Gasteiger partial charge in [0, 0.05) is 12.1 Å². The molecule has 17 heavy (non-hydrogen) atoms. The van der Waals surface area contributed by atoms with Crippen LogP contribution in [0.3, 0.4) is 0 Å². The lowest BCUT2D eigenvalue weighted by molar-refractivity contribution is 0.161. The van der Waals surface area contributed by atoms with E-state index in [-0.39, 0.29) is 12.1 Å². The van der Waals surface area contributed by atoms with Gasteiger partial charge in [-0.3, -0.25) is 0 Å². The number of hydrogen-bond acceptors (Lipinski definition) is 4. The van der Waals surface area contributed by atoms with Crippen LogP contribution in [0.5, 0.6) is 5.75 Å². The number of nitrogens with one attached hydrogen (secondary N) is 1. The molecule has 0 bridgehead atoms. The summed E-state index contributed by atoms with van der Waals surface area (Å²) in [5.41, 5.74) is 0.999. The molecule has 1 aromatic rings. The van der Waals surface area contributed by atoms with Crippen LogP contribution in [0.1, 0.15) is 12.0 Å². The first kappa shape index (κ1) is 10.6. The first-order chi connectivity index (χ1) is 8.36. The SMILES string of the molecule is COc1cccc(C2=NC3CNCCC3O2)c1. The molecule has 0 aliphatic carbocycles. The van der Waals surface area contributed by atoms with Crippen molar-refractivity contribution >= 4 is 5.90 Å². The minimum atomic E-state index is 0.248. The molecule has 2 aliphatic rings. The van der Waals surface area contributed by atoms with Crippen LogP contribution in [0.2, 0.25) is 0 Å². The third kappa shape index (κ3) is 2.00. The Hall–Kier alpha value is -1.55. The van der Waals surface area contributed by atoms with E-state index in [2.05, 4.69) is 10.3 Å². The Morgan fingerprint density at radius 2 is 2.41 bits per heavy atom. The molecule has 0 radical (unpaired) electrons. The van der Waals surface area contributed by atoms with Gasteiger partial charge in [-0.15, -0.1) is 0 Å². The van der Waals surface area contributed by atoms with E-state index >= 15 is 0 Å². The zero-order valence-electron chi connectivity index (χ0n) is 9.85. The summed E-state index contributed by atoms with van der Waals surface area (Å²) in [7, 11) is 1.67. The van der Waals surface area contributed by atoms with Crippen LogP contribution < -0.4 is 10.1 Å². The summed E-state index contributed by atoms with van der Waals surface area (Å²) < 4.78 is 11.1. The fraction of sp³-hybridized carbons (Fsp3) is 0.462. The van der Waals surface area contributed by atoms with Gasteiger partial charge in [-0.25, -0.2) is 4.99 Å². The van der Waals surface area contributed by atoms with Crippen LogP contribution in [-0.4, -0.2) is 38.2 Å². The Morgan fingerprint density at radius 1 is 1.47 bits per heavy atom. The third-order valence-electron chi connectivity index (χ3n) is 3.25. The van der Waals surface area contributed by atoms with Gasteiger partial charge in [-0.05, 0) is 31.2 Å². The fourth-order valence-electron chi connectivity index (χ4n) is 2.31. The molecular weight excluding hydrogens is 216 g/mol. The zero-order valence-corrected chi connectivity index (χ0v) is 9.85. The van der Waals surface area contributed by atoms with Crippen LogP contribution in [0.25, 0.3) is 0 Å². The van der Waals surface area contributed by atoms with E-state index in [1.807, 2.05) is 24.3 Å². The molecule has 1 aromatic carbocycles. The average Bonchev–Trinajstić information content (AvgIpc) is 2.82. The van der Waals surface area contributed by atoms with Gasteiger partial charge in [0.25, 0.3) is 0 Å². The Bertz CT molecular complexity index is 445. The second-order valence-electron chi connectivity index (χ2n) is 4.38. The molecule has 0 amide bonds. The van der Waals surface area contributed by atoms with E-state index in [4.69, 9.17) is 9.47 Å². The Labute approximate surface area is 101 Å². The first-order valence-corrected chi connectivity index (χ1v) is 5.96. The predicted molar refractivity (Wildman–Crippen MR) is 65.7 cm³/mol. The molecule has 4 nitrogen and oxygen atoms in total. The average molecular weight is 232 g/mol. The molecule has 1 N–H and O–H groups in total. The summed E-state index contributed by atoms with van der Waals surface area (Å²) >= 11 is 0. The molecule has 90 valence electrons.